The smallest absolute Gasteiger partial charge is 0.221 e. The Balaban J connectivity index is 2.20. The molecule has 0 aromatic rings. The molecule has 0 aromatic heterocycles. The van der Waals surface area contributed by atoms with Gasteiger partial charge in [-0.2, -0.15) is 0 Å². The van der Waals surface area contributed by atoms with Gasteiger partial charge < -0.3 is 10.6 Å². The van der Waals surface area contributed by atoms with Crippen LogP contribution in [0, 0.1) is 5.41 Å². The van der Waals surface area contributed by atoms with Gasteiger partial charge in [0.1, 0.15) is 0 Å². The fourth-order valence-corrected chi connectivity index (χ4v) is 2.50. The van der Waals surface area contributed by atoms with E-state index in [2.05, 4.69) is 31.4 Å². The third-order valence-electron chi connectivity index (χ3n) is 3.54. The molecule has 1 aliphatic heterocycles. The topological polar surface area (TPSA) is 41.1 Å². The highest BCUT2D eigenvalue weighted by molar-refractivity contribution is 5.76. The molecule has 0 radical (unpaired) electrons. The predicted octanol–water partition coefficient (Wildman–Crippen LogP) is 2.46. The molecule has 1 rings (SSSR count). The summed E-state index contributed by atoms with van der Waals surface area (Å²) < 4.78 is 0. The first-order valence-electron chi connectivity index (χ1n) is 7.03. The van der Waals surface area contributed by atoms with Gasteiger partial charge >= 0.3 is 0 Å². The molecule has 1 amide bonds. The number of hydrogen-bond acceptors (Lipinski definition) is 2. The first-order chi connectivity index (χ1) is 8.03. The van der Waals surface area contributed by atoms with E-state index in [1.807, 2.05) is 0 Å². The van der Waals surface area contributed by atoms with E-state index in [-0.39, 0.29) is 11.3 Å². The van der Waals surface area contributed by atoms with E-state index in [1.54, 1.807) is 0 Å². The fraction of sp³-hybridized carbons (Fsp3) is 0.929. The Bertz CT molecular complexity index is 232. The first-order valence-corrected chi connectivity index (χ1v) is 7.03. The number of hydrogen-bond donors (Lipinski definition) is 2. The van der Waals surface area contributed by atoms with Gasteiger partial charge in [0.15, 0.2) is 0 Å². The van der Waals surface area contributed by atoms with Gasteiger partial charge in [0.05, 0.1) is 0 Å². The van der Waals surface area contributed by atoms with Crippen LogP contribution in [0.15, 0.2) is 0 Å². The fourth-order valence-electron chi connectivity index (χ4n) is 2.50. The zero-order chi connectivity index (χ0) is 12.7. The highest BCUT2D eigenvalue weighted by Crippen LogP contribution is 2.20. The van der Waals surface area contributed by atoms with E-state index in [9.17, 15) is 4.79 Å². The van der Waals surface area contributed by atoms with E-state index >= 15 is 0 Å². The number of amides is 1. The molecule has 100 valence electrons. The lowest BCUT2D eigenvalue weighted by Gasteiger charge is -2.26. The van der Waals surface area contributed by atoms with Gasteiger partial charge in [0, 0.05) is 19.0 Å². The standard InChI is InChI=1S/C14H28N2O/c1-4-8-14(2,3)11-16-13(17)10-12-7-5-6-9-15-12/h12,15H,4-11H2,1-3H3,(H,16,17). The monoisotopic (exact) mass is 240 g/mol. The van der Waals surface area contributed by atoms with E-state index in [4.69, 9.17) is 0 Å². The Kier molecular flexibility index (Phi) is 5.96. The molecule has 2 N–H and O–H groups in total. The van der Waals surface area contributed by atoms with Gasteiger partial charge in [-0.25, -0.2) is 0 Å². The maximum Gasteiger partial charge on any atom is 0.221 e. The van der Waals surface area contributed by atoms with Crippen molar-refractivity contribution in [2.24, 2.45) is 5.41 Å². The average molecular weight is 240 g/mol. The van der Waals surface area contributed by atoms with Gasteiger partial charge in [-0.3, -0.25) is 4.79 Å². The van der Waals surface area contributed by atoms with E-state index in [0.717, 1.165) is 25.9 Å². The minimum Gasteiger partial charge on any atom is -0.356 e. The van der Waals surface area contributed by atoms with Gasteiger partial charge in [-0.05, 0) is 31.2 Å². The Morgan fingerprint density at radius 1 is 1.41 bits per heavy atom. The molecular weight excluding hydrogens is 212 g/mol. The number of nitrogens with one attached hydrogen (secondary N) is 2. The molecule has 17 heavy (non-hydrogen) atoms. The van der Waals surface area contributed by atoms with Crippen molar-refractivity contribution in [3.05, 3.63) is 0 Å². The molecule has 1 fully saturated rings. The molecule has 0 saturated carbocycles. The van der Waals surface area contributed by atoms with E-state index in [1.165, 1.54) is 19.3 Å². The van der Waals surface area contributed by atoms with E-state index < -0.39 is 0 Å². The Morgan fingerprint density at radius 2 is 2.18 bits per heavy atom. The molecule has 0 aromatic carbocycles. The molecular formula is C14H28N2O. The number of rotatable bonds is 6. The van der Waals surface area contributed by atoms with Crippen LogP contribution in [-0.2, 0) is 4.79 Å². The molecule has 1 saturated heterocycles. The summed E-state index contributed by atoms with van der Waals surface area (Å²) in [5, 5.41) is 6.49. The SMILES string of the molecule is CCCC(C)(C)CNC(=O)CC1CCCCN1. The Hall–Kier alpha value is -0.570. The summed E-state index contributed by atoms with van der Waals surface area (Å²) in [5.74, 6) is 0.202. The van der Waals surface area contributed by atoms with E-state index in [0.29, 0.717) is 12.5 Å². The Labute approximate surface area is 106 Å². The third kappa shape index (κ3) is 6.06. The molecule has 3 nitrogen and oxygen atoms in total. The normalized spacial score (nSPS) is 21.2. The van der Waals surface area contributed by atoms with Crippen LogP contribution in [0.5, 0.6) is 0 Å². The van der Waals surface area contributed by atoms with Crippen molar-refractivity contribution >= 4 is 5.91 Å². The van der Waals surface area contributed by atoms with Crippen molar-refractivity contribution in [2.75, 3.05) is 13.1 Å². The lowest BCUT2D eigenvalue weighted by Crippen LogP contribution is -2.41. The predicted molar refractivity (Wildman–Crippen MR) is 72.0 cm³/mol. The first kappa shape index (κ1) is 14.5. The molecule has 1 aliphatic rings. The van der Waals surface area contributed by atoms with Crippen LogP contribution in [0.3, 0.4) is 0 Å². The van der Waals surface area contributed by atoms with Crippen molar-refractivity contribution in [3.8, 4) is 0 Å². The summed E-state index contributed by atoms with van der Waals surface area (Å²) in [6.45, 7) is 8.49. The highest BCUT2D eigenvalue weighted by Gasteiger charge is 2.20. The number of piperidine rings is 1. The van der Waals surface area contributed by atoms with Crippen LogP contribution >= 0.6 is 0 Å². The van der Waals surface area contributed by atoms with Crippen molar-refractivity contribution in [1.82, 2.24) is 10.6 Å². The summed E-state index contributed by atoms with van der Waals surface area (Å²) in [6.07, 6.45) is 6.63. The molecule has 0 spiro atoms. The molecule has 3 heteroatoms. The lowest BCUT2D eigenvalue weighted by molar-refractivity contribution is -0.122. The van der Waals surface area contributed by atoms with Crippen LogP contribution in [0.25, 0.3) is 0 Å². The van der Waals surface area contributed by atoms with Gasteiger partial charge in [0.25, 0.3) is 0 Å². The summed E-state index contributed by atoms with van der Waals surface area (Å²) in [5.41, 5.74) is 0.227. The van der Waals surface area contributed by atoms with Crippen LogP contribution in [0.1, 0.15) is 59.3 Å². The van der Waals surface area contributed by atoms with Crippen molar-refractivity contribution in [3.63, 3.8) is 0 Å². The van der Waals surface area contributed by atoms with Crippen LogP contribution < -0.4 is 10.6 Å². The zero-order valence-corrected chi connectivity index (χ0v) is 11.6. The zero-order valence-electron chi connectivity index (χ0n) is 11.6. The third-order valence-corrected chi connectivity index (χ3v) is 3.54. The highest BCUT2D eigenvalue weighted by atomic mass is 16.1. The van der Waals surface area contributed by atoms with Gasteiger partial charge in [-0.1, -0.05) is 33.6 Å². The maximum absolute atomic E-state index is 11.8. The van der Waals surface area contributed by atoms with Crippen LogP contribution in [0.4, 0.5) is 0 Å². The largest absolute Gasteiger partial charge is 0.356 e. The second-order valence-electron chi connectivity index (χ2n) is 6.04. The summed E-state index contributed by atoms with van der Waals surface area (Å²) in [6, 6.07) is 0.401. The quantitative estimate of drug-likeness (QED) is 0.749. The second kappa shape index (κ2) is 7.00. The average Bonchev–Trinajstić information content (AvgIpc) is 2.28. The number of carbonyl (C=O) groups excluding carboxylic acids is 1. The summed E-state index contributed by atoms with van der Waals surface area (Å²) in [4.78, 5) is 11.8. The molecule has 1 heterocycles. The molecule has 0 bridgehead atoms. The minimum atomic E-state index is 0.202. The summed E-state index contributed by atoms with van der Waals surface area (Å²) >= 11 is 0. The summed E-state index contributed by atoms with van der Waals surface area (Å²) in [7, 11) is 0. The van der Waals surface area contributed by atoms with Gasteiger partial charge in [0.2, 0.25) is 5.91 Å². The molecule has 1 atom stereocenters. The Morgan fingerprint density at radius 3 is 2.76 bits per heavy atom. The second-order valence-corrected chi connectivity index (χ2v) is 6.04. The van der Waals surface area contributed by atoms with Crippen molar-refractivity contribution in [2.45, 2.75) is 65.3 Å². The molecule has 0 aliphatic carbocycles. The molecule has 1 unspecified atom stereocenters. The number of carbonyl (C=O) groups is 1. The maximum atomic E-state index is 11.8. The minimum absolute atomic E-state index is 0.202. The van der Waals surface area contributed by atoms with Crippen molar-refractivity contribution in [1.29, 1.82) is 0 Å². The van der Waals surface area contributed by atoms with Gasteiger partial charge in [-0.15, -0.1) is 0 Å². The van der Waals surface area contributed by atoms with Crippen molar-refractivity contribution < 1.29 is 4.79 Å². The lowest BCUT2D eigenvalue weighted by atomic mass is 9.88. The van der Waals surface area contributed by atoms with Crippen LogP contribution in [0.2, 0.25) is 0 Å². The van der Waals surface area contributed by atoms with Crippen LogP contribution in [-0.4, -0.2) is 25.0 Å².